The second kappa shape index (κ2) is 9.33. The fourth-order valence-electron chi connectivity index (χ4n) is 2.96. The topological polar surface area (TPSA) is 77.8 Å². The molecule has 0 aliphatic rings. The number of carbonyl (C=O) groups excluding carboxylic acids is 1. The number of carbonyl (C=O) groups is 1. The van der Waals surface area contributed by atoms with E-state index in [1.165, 1.54) is 31.2 Å². The van der Waals surface area contributed by atoms with Gasteiger partial charge in [0.2, 0.25) is 11.2 Å². The van der Waals surface area contributed by atoms with Crippen LogP contribution < -0.4 is 20.2 Å². The maximum Gasteiger partial charge on any atom is 0.453 e. The van der Waals surface area contributed by atoms with E-state index in [9.17, 15) is 22.8 Å². The van der Waals surface area contributed by atoms with Crippen LogP contribution in [0.3, 0.4) is 0 Å². The number of nitrogens with one attached hydrogen (secondary N) is 1. The summed E-state index contributed by atoms with van der Waals surface area (Å²) in [6.45, 7) is 4.87. The van der Waals surface area contributed by atoms with Crippen LogP contribution in [0.2, 0.25) is 0 Å². The van der Waals surface area contributed by atoms with Crippen LogP contribution >= 0.6 is 0 Å². The van der Waals surface area contributed by atoms with Crippen molar-refractivity contribution in [2.75, 3.05) is 6.61 Å². The average Bonchev–Trinajstić information content (AvgIpc) is 2.75. The highest BCUT2D eigenvalue weighted by molar-refractivity contribution is 5.84. The van der Waals surface area contributed by atoms with Crippen molar-refractivity contribution in [1.82, 2.24) is 5.32 Å². The third-order valence-corrected chi connectivity index (χ3v) is 4.82. The van der Waals surface area contributed by atoms with Crippen molar-refractivity contribution >= 4 is 16.9 Å². The fraction of sp³-hybridized carbons (Fsp3) is 0.304. The quantitative estimate of drug-likeness (QED) is 0.536. The monoisotopic (exact) mass is 449 g/mol. The lowest BCUT2D eigenvalue weighted by Gasteiger charge is -2.16. The zero-order chi connectivity index (χ0) is 23.5. The third kappa shape index (κ3) is 5.04. The van der Waals surface area contributed by atoms with Gasteiger partial charge in [-0.05, 0) is 44.5 Å². The van der Waals surface area contributed by atoms with Gasteiger partial charge in [-0.1, -0.05) is 25.1 Å². The maximum atomic E-state index is 13.7. The predicted molar refractivity (Wildman–Crippen MR) is 112 cm³/mol. The molecule has 0 fully saturated rings. The first kappa shape index (κ1) is 23.2. The summed E-state index contributed by atoms with van der Waals surface area (Å²) in [5, 5.41) is 2.62. The fourth-order valence-corrected chi connectivity index (χ4v) is 2.96. The Morgan fingerprint density at radius 2 is 1.84 bits per heavy atom. The number of hydrogen-bond donors (Lipinski definition) is 1. The number of ether oxygens (including phenoxy) is 2. The summed E-state index contributed by atoms with van der Waals surface area (Å²) in [7, 11) is 0. The molecule has 3 aromatic rings. The van der Waals surface area contributed by atoms with Gasteiger partial charge in [0.05, 0.1) is 5.39 Å². The van der Waals surface area contributed by atoms with Gasteiger partial charge in [0.15, 0.2) is 6.61 Å². The average molecular weight is 449 g/mol. The highest BCUT2D eigenvalue weighted by atomic mass is 19.4. The van der Waals surface area contributed by atoms with E-state index in [1.54, 1.807) is 18.2 Å². The smallest absolute Gasteiger partial charge is 0.453 e. The molecule has 3 rings (SSSR count). The van der Waals surface area contributed by atoms with E-state index in [4.69, 9.17) is 13.9 Å². The molecule has 1 heterocycles. The van der Waals surface area contributed by atoms with Crippen molar-refractivity contribution in [3.05, 3.63) is 64.0 Å². The summed E-state index contributed by atoms with van der Waals surface area (Å²) in [4.78, 5) is 24.8. The van der Waals surface area contributed by atoms with Crippen LogP contribution in [0.5, 0.6) is 17.2 Å². The molecule has 1 N–H and O–H groups in total. The molecule has 0 saturated heterocycles. The van der Waals surface area contributed by atoms with E-state index in [0.29, 0.717) is 0 Å². The molecule has 0 radical (unpaired) electrons. The Balaban J connectivity index is 2.02. The standard InChI is InChI=1S/C23H22F3NO5/c1-4-13(2)27-18(28)12-30-17-11-10-16-19(29)21(31-15-8-6-5-7-9-15)22(23(24,25)26)32-20(16)14(17)3/h5-11,13H,4,12H2,1-3H3,(H,27,28)/t13-/m1/s1. The lowest BCUT2D eigenvalue weighted by atomic mass is 10.1. The van der Waals surface area contributed by atoms with Gasteiger partial charge >= 0.3 is 6.18 Å². The zero-order valence-electron chi connectivity index (χ0n) is 17.7. The Morgan fingerprint density at radius 1 is 1.16 bits per heavy atom. The molecular formula is C23H22F3NO5. The number of fused-ring (bicyclic) bond motifs is 1. The van der Waals surface area contributed by atoms with E-state index in [2.05, 4.69) is 5.32 Å². The molecule has 6 nitrogen and oxygen atoms in total. The van der Waals surface area contributed by atoms with Gasteiger partial charge in [-0.3, -0.25) is 9.59 Å². The number of amides is 1. The SMILES string of the molecule is CC[C@@H](C)NC(=O)COc1ccc2c(=O)c(Oc3ccccc3)c(C(F)(F)F)oc2c1C. The molecule has 1 amide bonds. The molecule has 1 aromatic heterocycles. The normalized spacial score (nSPS) is 12.4. The minimum atomic E-state index is -4.98. The molecule has 1 atom stereocenters. The van der Waals surface area contributed by atoms with Crippen LogP contribution in [-0.2, 0) is 11.0 Å². The first-order valence-electron chi connectivity index (χ1n) is 9.94. The van der Waals surface area contributed by atoms with Crippen LogP contribution in [0.4, 0.5) is 13.2 Å². The van der Waals surface area contributed by atoms with E-state index < -0.39 is 23.1 Å². The van der Waals surface area contributed by atoms with Crippen molar-refractivity contribution < 1.29 is 31.9 Å². The number of aryl methyl sites for hydroxylation is 1. The molecule has 9 heteroatoms. The van der Waals surface area contributed by atoms with Crippen LogP contribution in [0.25, 0.3) is 11.0 Å². The van der Waals surface area contributed by atoms with E-state index in [1.807, 2.05) is 13.8 Å². The number of rotatable bonds is 7. The Bertz CT molecular complexity index is 1170. The Kier molecular flexibility index (Phi) is 6.76. The maximum absolute atomic E-state index is 13.7. The Labute approximate surface area is 181 Å². The second-order valence-electron chi connectivity index (χ2n) is 7.23. The van der Waals surface area contributed by atoms with Crippen molar-refractivity contribution in [3.63, 3.8) is 0 Å². The molecule has 0 bridgehead atoms. The summed E-state index contributed by atoms with van der Waals surface area (Å²) in [6, 6.07) is 10.3. The largest absolute Gasteiger partial charge is 0.483 e. The lowest BCUT2D eigenvalue weighted by Crippen LogP contribution is -2.35. The summed E-state index contributed by atoms with van der Waals surface area (Å²) in [5.74, 6) is -2.67. The van der Waals surface area contributed by atoms with E-state index >= 15 is 0 Å². The highest BCUT2D eigenvalue weighted by Crippen LogP contribution is 2.39. The Hall–Kier alpha value is -3.49. The summed E-state index contributed by atoms with van der Waals surface area (Å²) in [5.41, 5.74) is -1.10. The van der Waals surface area contributed by atoms with Crippen LogP contribution in [-0.4, -0.2) is 18.6 Å². The zero-order valence-corrected chi connectivity index (χ0v) is 17.7. The van der Waals surface area contributed by atoms with Crippen molar-refractivity contribution in [2.45, 2.75) is 39.4 Å². The van der Waals surface area contributed by atoms with Crippen molar-refractivity contribution in [3.8, 4) is 17.2 Å². The third-order valence-electron chi connectivity index (χ3n) is 4.82. The van der Waals surface area contributed by atoms with E-state index in [-0.39, 0.29) is 46.6 Å². The van der Waals surface area contributed by atoms with Gasteiger partial charge < -0.3 is 19.2 Å². The number of alkyl halides is 3. The van der Waals surface area contributed by atoms with Gasteiger partial charge in [-0.2, -0.15) is 13.2 Å². The second-order valence-corrected chi connectivity index (χ2v) is 7.23. The number of para-hydroxylation sites is 1. The lowest BCUT2D eigenvalue weighted by molar-refractivity contribution is -0.154. The summed E-state index contributed by atoms with van der Waals surface area (Å²) in [6.07, 6.45) is -4.24. The van der Waals surface area contributed by atoms with Crippen molar-refractivity contribution in [2.24, 2.45) is 0 Å². The van der Waals surface area contributed by atoms with Crippen molar-refractivity contribution in [1.29, 1.82) is 0 Å². The van der Waals surface area contributed by atoms with Crippen LogP contribution in [0.15, 0.2) is 51.7 Å². The Morgan fingerprint density at radius 3 is 2.47 bits per heavy atom. The predicted octanol–water partition coefficient (Wildman–Crippen LogP) is 5.21. The summed E-state index contributed by atoms with van der Waals surface area (Å²) < 4.78 is 57.0. The molecule has 0 aliphatic heterocycles. The number of halogens is 3. The summed E-state index contributed by atoms with van der Waals surface area (Å²) >= 11 is 0. The first-order chi connectivity index (χ1) is 15.1. The van der Waals surface area contributed by atoms with E-state index in [0.717, 1.165) is 6.42 Å². The minimum absolute atomic E-state index is 0.0424. The van der Waals surface area contributed by atoms with Gasteiger partial charge in [0.25, 0.3) is 11.7 Å². The first-order valence-corrected chi connectivity index (χ1v) is 9.94. The van der Waals surface area contributed by atoms with Gasteiger partial charge in [0.1, 0.15) is 17.1 Å². The molecule has 0 aliphatic carbocycles. The van der Waals surface area contributed by atoms with Crippen LogP contribution in [0, 0.1) is 6.92 Å². The molecule has 0 saturated carbocycles. The van der Waals surface area contributed by atoms with Crippen LogP contribution in [0.1, 0.15) is 31.6 Å². The van der Waals surface area contributed by atoms with Gasteiger partial charge in [-0.25, -0.2) is 0 Å². The number of hydrogen-bond acceptors (Lipinski definition) is 5. The minimum Gasteiger partial charge on any atom is -0.483 e. The van der Waals surface area contributed by atoms with Gasteiger partial charge in [-0.15, -0.1) is 0 Å². The number of benzene rings is 2. The molecule has 2 aromatic carbocycles. The molecule has 170 valence electrons. The highest BCUT2D eigenvalue weighted by Gasteiger charge is 2.40. The van der Waals surface area contributed by atoms with Gasteiger partial charge in [0, 0.05) is 11.6 Å². The molecular weight excluding hydrogens is 427 g/mol. The molecule has 32 heavy (non-hydrogen) atoms. The molecule has 0 spiro atoms. The molecule has 0 unspecified atom stereocenters.